The van der Waals surface area contributed by atoms with Gasteiger partial charge < -0.3 is 21.3 Å². The van der Waals surface area contributed by atoms with Gasteiger partial charge in [-0.05, 0) is 86.3 Å². The number of hydrogen-bond donors (Lipinski definition) is 4. The van der Waals surface area contributed by atoms with Gasteiger partial charge in [-0.3, -0.25) is 28.8 Å². The van der Waals surface area contributed by atoms with E-state index < -0.39 is 47.3 Å². The first-order valence-corrected chi connectivity index (χ1v) is 21.6. The average Bonchev–Trinajstić information content (AvgIpc) is 3.24. The molecule has 0 aromatic heterocycles. The minimum atomic E-state index is -1.70. The molecule has 2 atom stereocenters. The van der Waals surface area contributed by atoms with Gasteiger partial charge in [0.1, 0.15) is 11.4 Å². The van der Waals surface area contributed by atoms with Crippen LogP contribution < -0.4 is 21.3 Å². The van der Waals surface area contributed by atoms with Crippen molar-refractivity contribution in [1.82, 2.24) is 0 Å². The van der Waals surface area contributed by atoms with Crippen molar-refractivity contribution in [2.24, 2.45) is 20.5 Å². The van der Waals surface area contributed by atoms with E-state index in [-0.39, 0.29) is 54.0 Å². The molecule has 0 heterocycles. The molecule has 5 aromatic rings. The number of benzene rings is 5. The van der Waals surface area contributed by atoms with Crippen LogP contribution in [0.2, 0.25) is 20.1 Å². The Morgan fingerprint density at radius 1 is 0.531 bits per heavy atom. The van der Waals surface area contributed by atoms with Crippen molar-refractivity contribution in [3.8, 4) is 0 Å². The molecule has 0 saturated carbocycles. The number of carbonyl (C=O) groups excluding carboxylic acids is 6. The van der Waals surface area contributed by atoms with E-state index in [1.54, 1.807) is 24.3 Å². The number of azo groups is 2. The first-order chi connectivity index (χ1) is 30.6. The summed E-state index contributed by atoms with van der Waals surface area (Å²) in [5.74, 6) is -3.65. The van der Waals surface area contributed by atoms with Gasteiger partial charge in [0.2, 0.25) is 12.1 Å². The molecular formula is C44H36Cl6N8O6. The van der Waals surface area contributed by atoms with Gasteiger partial charge in [0.05, 0.1) is 36.9 Å². The molecular weight excluding hydrogens is 949 g/mol. The third-order valence-corrected chi connectivity index (χ3v) is 10.9. The molecule has 0 aliphatic rings. The minimum Gasteiger partial charge on any atom is -0.324 e. The second-order valence-electron chi connectivity index (χ2n) is 13.6. The summed E-state index contributed by atoms with van der Waals surface area (Å²) in [5, 5.41) is 25.9. The number of alkyl halides is 2. The molecule has 0 bridgehead atoms. The molecule has 64 heavy (non-hydrogen) atoms. The summed E-state index contributed by atoms with van der Waals surface area (Å²) < 4.78 is 0. The molecule has 0 fully saturated rings. The summed E-state index contributed by atoms with van der Waals surface area (Å²) in [7, 11) is 0. The molecule has 330 valence electrons. The third kappa shape index (κ3) is 12.7. The number of nitrogens with one attached hydrogen (secondary N) is 4. The fraction of sp³-hybridized carbons (Fsp3) is 0.182. The molecule has 5 rings (SSSR count). The van der Waals surface area contributed by atoms with Gasteiger partial charge in [-0.1, -0.05) is 94.9 Å². The Bertz CT molecular complexity index is 2660. The van der Waals surface area contributed by atoms with Crippen molar-refractivity contribution in [2.45, 2.75) is 38.8 Å². The summed E-state index contributed by atoms with van der Waals surface area (Å²) in [6, 6.07) is 22.2. The van der Waals surface area contributed by atoms with Crippen molar-refractivity contribution in [3.05, 3.63) is 139 Å². The lowest BCUT2D eigenvalue weighted by Crippen LogP contribution is -2.32. The number of amides is 4. The van der Waals surface area contributed by atoms with Crippen molar-refractivity contribution in [3.63, 3.8) is 0 Å². The van der Waals surface area contributed by atoms with E-state index in [9.17, 15) is 28.8 Å². The zero-order valence-corrected chi connectivity index (χ0v) is 38.3. The molecule has 4 amide bonds. The van der Waals surface area contributed by atoms with Crippen LogP contribution in [0.3, 0.4) is 0 Å². The lowest BCUT2D eigenvalue weighted by Gasteiger charge is -2.15. The van der Waals surface area contributed by atoms with E-state index in [2.05, 4.69) is 41.7 Å². The van der Waals surface area contributed by atoms with Gasteiger partial charge in [-0.25, -0.2) is 0 Å². The van der Waals surface area contributed by atoms with E-state index in [1.165, 1.54) is 48.5 Å². The highest BCUT2D eigenvalue weighted by molar-refractivity contribution is 6.41. The summed E-state index contributed by atoms with van der Waals surface area (Å²) in [6.07, 6.45) is 1.04. The van der Waals surface area contributed by atoms with E-state index in [0.29, 0.717) is 36.0 Å². The van der Waals surface area contributed by atoms with Crippen LogP contribution in [0.5, 0.6) is 0 Å². The Kier molecular flexibility index (Phi) is 17.9. The molecule has 14 nitrogen and oxygen atoms in total. The van der Waals surface area contributed by atoms with Crippen LogP contribution in [-0.4, -0.2) is 59.0 Å². The fourth-order valence-electron chi connectivity index (χ4n) is 5.89. The maximum atomic E-state index is 13.4. The van der Waals surface area contributed by atoms with Crippen molar-refractivity contribution >= 4 is 139 Å². The number of anilines is 4. The largest absolute Gasteiger partial charge is 0.324 e. The Morgan fingerprint density at radius 3 is 1.34 bits per heavy atom. The highest BCUT2D eigenvalue weighted by atomic mass is 35.5. The number of para-hydroxylation sites is 2. The minimum absolute atomic E-state index is 0.00185. The Morgan fingerprint density at radius 2 is 0.938 bits per heavy atom. The number of Topliss-reactive ketones (excluding diaryl/α,β-unsaturated/α-hetero) is 2. The van der Waals surface area contributed by atoms with Crippen LogP contribution >= 0.6 is 69.6 Å². The summed E-state index contributed by atoms with van der Waals surface area (Å²) >= 11 is 37.8. The molecule has 0 spiro atoms. The molecule has 0 aliphatic heterocycles. The molecule has 0 radical (unpaired) electrons. The SMILES string of the molecule is CC(=O)C(N=Nc1cccc(C(=O)Nc2ccccc2CCCl)c1Cl)C(=O)Nc1cc(Cl)c(NC(=O)C(N=Nc2cccc(C(=O)Nc3ccccc3CCCl)c2Cl)C(C)=O)c(Cl)c1. The Balaban J connectivity index is 1.27. The monoisotopic (exact) mass is 982 g/mol. The normalized spacial score (nSPS) is 12.1. The maximum absolute atomic E-state index is 13.4. The predicted molar refractivity (Wildman–Crippen MR) is 252 cm³/mol. The van der Waals surface area contributed by atoms with Gasteiger partial charge in [0.25, 0.3) is 23.6 Å². The second-order valence-corrected chi connectivity index (χ2v) is 16.0. The smallest absolute Gasteiger partial charge is 0.258 e. The lowest BCUT2D eigenvalue weighted by atomic mass is 10.1. The van der Waals surface area contributed by atoms with Crippen molar-refractivity contribution < 1.29 is 28.8 Å². The number of aryl methyl sites for hydroxylation is 2. The highest BCUT2D eigenvalue weighted by Gasteiger charge is 2.27. The number of nitrogens with zero attached hydrogens (tertiary/aromatic N) is 4. The second kappa shape index (κ2) is 23.3. The van der Waals surface area contributed by atoms with E-state index in [0.717, 1.165) is 25.0 Å². The molecule has 5 aromatic carbocycles. The van der Waals surface area contributed by atoms with Gasteiger partial charge >= 0.3 is 0 Å². The standard InChI is InChI=1S/C44H36Cl6N8O6/c1-23(59)38(57-55-34-15-7-11-28(36(34)49)41(61)52-32-13-5-3-9-25(32)17-19-45)43(63)51-27-21-30(47)40(31(48)22-27)54-44(64)39(24(2)60)58-56-35-16-8-12-29(37(35)50)42(62)53-33-14-6-4-10-26(33)18-20-46/h3-16,21-22,38-39H,17-20H2,1-2H3,(H,51,63)(H,52,61)(H,53,62)(H,54,64). The summed E-state index contributed by atoms with van der Waals surface area (Å²) in [5.41, 5.74) is 2.76. The van der Waals surface area contributed by atoms with E-state index in [4.69, 9.17) is 69.6 Å². The Hall–Kier alpha value is -5.74. The topological polar surface area (TPSA) is 200 Å². The first-order valence-electron chi connectivity index (χ1n) is 19.0. The van der Waals surface area contributed by atoms with Gasteiger partial charge in [-0.2, -0.15) is 20.5 Å². The predicted octanol–water partition coefficient (Wildman–Crippen LogP) is 11.7. The van der Waals surface area contributed by atoms with Crippen LogP contribution in [0.1, 0.15) is 45.7 Å². The van der Waals surface area contributed by atoms with Crippen LogP contribution in [0.25, 0.3) is 0 Å². The quantitative estimate of drug-likeness (QED) is 0.0382. The molecule has 0 aliphatic carbocycles. The zero-order chi connectivity index (χ0) is 46.5. The molecule has 20 heteroatoms. The number of halogens is 6. The van der Waals surface area contributed by atoms with Gasteiger partial charge in [-0.15, -0.1) is 23.2 Å². The van der Waals surface area contributed by atoms with Gasteiger partial charge in [0, 0.05) is 28.8 Å². The average molecular weight is 986 g/mol. The van der Waals surface area contributed by atoms with Crippen LogP contribution in [0.15, 0.2) is 118 Å². The fourth-order valence-corrected chi connectivity index (χ4v) is 7.38. The molecule has 2 unspecified atom stereocenters. The third-order valence-electron chi connectivity index (χ3n) is 9.09. The lowest BCUT2D eigenvalue weighted by molar-refractivity contribution is -0.127. The number of ketones is 2. The van der Waals surface area contributed by atoms with E-state index in [1.807, 2.05) is 24.3 Å². The number of carbonyl (C=O) groups is 6. The molecule has 0 saturated heterocycles. The Labute approximate surface area is 397 Å². The van der Waals surface area contributed by atoms with E-state index >= 15 is 0 Å². The highest BCUT2D eigenvalue weighted by Crippen LogP contribution is 2.36. The number of hydrogen-bond acceptors (Lipinski definition) is 10. The van der Waals surface area contributed by atoms with Crippen LogP contribution in [0, 0.1) is 0 Å². The van der Waals surface area contributed by atoms with Gasteiger partial charge in [0.15, 0.2) is 11.6 Å². The van der Waals surface area contributed by atoms with Crippen molar-refractivity contribution in [2.75, 3.05) is 33.0 Å². The summed E-state index contributed by atoms with van der Waals surface area (Å²) in [4.78, 5) is 78.3. The molecule has 4 N–H and O–H groups in total. The van der Waals surface area contributed by atoms with Crippen LogP contribution in [0.4, 0.5) is 34.1 Å². The van der Waals surface area contributed by atoms with Crippen LogP contribution in [-0.2, 0) is 32.0 Å². The number of rotatable bonds is 18. The summed E-state index contributed by atoms with van der Waals surface area (Å²) in [6.45, 7) is 2.24. The first kappa shape index (κ1) is 49.3. The van der Waals surface area contributed by atoms with Crippen molar-refractivity contribution in [1.29, 1.82) is 0 Å². The zero-order valence-electron chi connectivity index (χ0n) is 33.7. The maximum Gasteiger partial charge on any atom is 0.258 e.